The molecule has 1 unspecified atom stereocenters. The highest BCUT2D eigenvalue weighted by atomic mass is 16.3. The van der Waals surface area contributed by atoms with Gasteiger partial charge >= 0.3 is 0 Å². The van der Waals surface area contributed by atoms with E-state index in [-0.39, 0.29) is 5.56 Å². The van der Waals surface area contributed by atoms with E-state index in [1.165, 1.54) is 32.1 Å². The summed E-state index contributed by atoms with van der Waals surface area (Å²) in [6.07, 6.45) is 5.46. The van der Waals surface area contributed by atoms with Crippen LogP contribution in [0.2, 0.25) is 0 Å². The fourth-order valence-corrected chi connectivity index (χ4v) is 2.88. The summed E-state index contributed by atoms with van der Waals surface area (Å²) in [5.74, 6) is 0.498. The van der Waals surface area contributed by atoms with Crippen LogP contribution in [0.15, 0.2) is 10.9 Å². The molecule has 0 bridgehead atoms. The molecule has 2 N–H and O–H groups in total. The van der Waals surface area contributed by atoms with Crippen LogP contribution in [-0.4, -0.2) is 10.1 Å². The van der Waals surface area contributed by atoms with Gasteiger partial charge in [0.2, 0.25) is 0 Å². The zero-order chi connectivity index (χ0) is 12.4. The number of aryl methyl sites for hydroxylation is 1. The number of aromatic amines is 1. The Labute approximate surface area is 102 Å². The first-order chi connectivity index (χ1) is 8.09. The summed E-state index contributed by atoms with van der Waals surface area (Å²) in [5.41, 5.74) is 2.34. The number of hydrogen-bond acceptors (Lipinski definition) is 2. The lowest BCUT2D eigenvalue weighted by molar-refractivity contribution is 0.196. The predicted molar refractivity (Wildman–Crippen MR) is 68.3 cm³/mol. The quantitative estimate of drug-likeness (QED) is 0.828. The number of aromatic nitrogens is 1. The average molecular weight is 235 g/mol. The van der Waals surface area contributed by atoms with Gasteiger partial charge in [-0.25, -0.2) is 0 Å². The van der Waals surface area contributed by atoms with Crippen molar-refractivity contribution in [1.29, 1.82) is 0 Å². The van der Waals surface area contributed by atoms with Crippen LogP contribution >= 0.6 is 0 Å². The van der Waals surface area contributed by atoms with Crippen LogP contribution in [0.1, 0.15) is 67.9 Å². The largest absolute Gasteiger partial charge is 0.388 e. The van der Waals surface area contributed by atoms with E-state index in [0.29, 0.717) is 11.5 Å². The van der Waals surface area contributed by atoms with Gasteiger partial charge in [0.05, 0.1) is 6.10 Å². The van der Waals surface area contributed by atoms with Gasteiger partial charge in [-0.1, -0.05) is 19.3 Å². The highest BCUT2D eigenvalue weighted by molar-refractivity contribution is 5.28. The SMILES string of the molecule is Cc1cc(C2CCCCC2)[nH]c(=O)c1C(C)O. The second kappa shape index (κ2) is 5.05. The molecule has 1 atom stereocenters. The minimum absolute atomic E-state index is 0.124. The maximum atomic E-state index is 11.9. The molecular formula is C14H21NO2. The van der Waals surface area contributed by atoms with Gasteiger partial charge in [0, 0.05) is 11.3 Å². The zero-order valence-corrected chi connectivity index (χ0v) is 10.6. The van der Waals surface area contributed by atoms with Crippen molar-refractivity contribution in [2.24, 2.45) is 0 Å². The first-order valence-corrected chi connectivity index (χ1v) is 6.51. The number of aliphatic hydroxyl groups is 1. The molecule has 0 amide bonds. The van der Waals surface area contributed by atoms with Crippen molar-refractivity contribution in [3.8, 4) is 0 Å². The Morgan fingerprint density at radius 3 is 2.53 bits per heavy atom. The number of nitrogens with one attached hydrogen (secondary N) is 1. The Hall–Kier alpha value is -1.09. The summed E-state index contributed by atoms with van der Waals surface area (Å²) in [5, 5.41) is 9.57. The molecule has 1 aromatic rings. The van der Waals surface area contributed by atoms with Gasteiger partial charge < -0.3 is 10.1 Å². The molecule has 3 nitrogen and oxygen atoms in total. The smallest absolute Gasteiger partial charge is 0.254 e. The van der Waals surface area contributed by atoms with Gasteiger partial charge in [-0.15, -0.1) is 0 Å². The van der Waals surface area contributed by atoms with Crippen molar-refractivity contribution in [1.82, 2.24) is 4.98 Å². The van der Waals surface area contributed by atoms with E-state index in [1.54, 1.807) is 6.92 Å². The number of aliphatic hydroxyl groups excluding tert-OH is 1. The lowest BCUT2D eigenvalue weighted by atomic mass is 9.86. The summed E-state index contributed by atoms with van der Waals surface area (Å²) in [4.78, 5) is 14.9. The van der Waals surface area contributed by atoms with E-state index in [4.69, 9.17) is 0 Å². The Balaban J connectivity index is 2.34. The van der Waals surface area contributed by atoms with E-state index in [2.05, 4.69) is 4.98 Å². The summed E-state index contributed by atoms with van der Waals surface area (Å²) in [6.45, 7) is 3.54. The normalized spacial score (nSPS) is 19.2. The fraction of sp³-hybridized carbons (Fsp3) is 0.643. The fourth-order valence-electron chi connectivity index (χ4n) is 2.88. The summed E-state index contributed by atoms with van der Waals surface area (Å²) < 4.78 is 0. The van der Waals surface area contributed by atoms with Crippen molar-refractivity contribution in [2.75, 3.05) is 0 Å². The lowest BCUT2D eigenvalue weighted by Crippen LogP contribution is -2.20. The van der Waals surface area contributed by atoms with Crippen LogP contribution in [0.5, 0.6) is 0 Å². The van der Waals surface area contributed by atoms with Crippen molar-refractivity contribution < 1.29 is 5.11 Å². The minimum atomic E-state index is -0.695. The Morgan fingerprint density at radius 1 is 1.35 bits per heavy atom. The molecule has 1 fully saturated rings. The first kappa shape index (κ1) is 12.4. The molecule has 0 saturated heterocycles. The van der Waals surface area contributed by atoms with Gasteiger partial charge in [-0.2, -0.15) is 0 Å². The Bertz CT molecular complexity index is 442. The predicted octanol–water partition coefficient (Wildman–Crippen LogP) is 2.78. The molecule has 94 valence electrons. The second-order valence-corrected chi connectivity index (χ2v) is 5.16. The lowest BCUT2D eigenvalue weighted by Gasteiger charge is -2.22. The van der Waals surface area contributed by atoms with Gasteiger partial charge in [0.15, 0.2) is 0 Å². The highest BCUT2D eigenvalue weighted by Gasteiger charge is 2.19. The van der Waals surface area contributed by atoms with Crippen LogP contribution in [0, 0.1) is 6.92 Å². The third-order valence-corrected chi connectivity index (χ3v) is 3.76. The molecule has 0 spiro atoms. The molecule has 2 rings (SSSR count). The molecule has 1 heterocycles. The Morgan fingerprint density at radius 2 is 2.00 bits per heavy atom. The molecule has 1 aromatic heterocycles. The van der Waals surface area contributed by atoms with E-state index in [0.717, 1.165) is 11.3 Å². The molecule has 1 saturated carbocycles. The van der Waals surface area contributed by atoms with Crippen molar-refractivity contribution in [2.45, 2.75) is 58.0 Å². The molecule has 17 heavy (non-hydrogen) atoms. The molecule has 1 aliphatic carbocycles. The maximum absolute atomic E-state index is 11.9. The van der Waals surface area contributed by atoms with Crippen molar-refractivity contribution >= 4 is 0 Å². The molecule has 0 aliphatic heterocycles. The van der Waals surface area contributed by atoms with E-state index in [1.807, 2.05) is 13.0 Å². The maximum Gasteiger partial charge on any atom is 0.254 e. The van der Waals surface area contributed by atoms with Gasteiger partial charge in [-0.3, -0.25) is 4.79 Å². The number of rotatable bonds is 2. The highest BCUT2D eigenvalue weighted by Crippen LogP contribution is 2.31. The third-order valence-electron chi connectivity index (χ3n) is 3.76. The molecule has 0 aromatic carbocycles. The molecular weight excluding hydrogens is 214 g/mol. The Kier molecular flexibility index (Phi) is 3.67. The van der Waals surface area contributed by atoms with Crippen LogP contribution in [0.3, 0.4) is 0 Å². The summed E-state index contributed by atoms with van der Waals surface area (Å²) in [7, 11) is 0. The van der Waals surface area contributed by atoms with E-state index >= 15 is 0 Å². The standard InChI is InChI=1S/C14H21NO2/c1-9-8-12(11-6-4-3-5-7-11)15-14(17)13(9)10(2)16/h8,10-11,16H,3-7H2,1-2H3,(H,15,17). The van der Waals surface area contributed by atoms with Gasteiger partial charge in [0.25, 0.3) is 5.56 Å². The first-order valence-electron chi connectivity index (χ1n) is 6.51. The topological polar surface area (TPSA) is 53.1 Å². The number of hydrogen-bond donors (Lipinski definition) is 2. The molecule has 0 radical (unpaired) electrons. The van der Waals surface area contributed by atoms with Gasteiger partial charge in [-0.05, 0) is 44.2 Å². The van der Waals surface area contributed by atoms with Crippen LogP contribution in [0.25, 0.3) is 0 Å². The summed E-state index contributed by atoms with van der Waals surface area (Å²) >= 11 is 0. The van der Waals surface area contributed by atoms with Crippen LogP contribution in [-0.2, 0) is 0 Å². The number of H-pyrrole nitrogens is 1. The second-order valence-electron chi connectivity index (χ2n) is 5.16. The summed E-state index contributed by atoms with van der Waals surface area (Å²) in [6, 6.07) is 2.04. The van der Waals surface area contributed by atoms with Crippen LogP contribution in [0.4, 0.5) is 0 Å². The third kappa shape index (κ3) is 2.60. The zero-order valence-electron chi connectivity index (χ0n) is 10.6. The monoisotopic (exact) mass is 235 g/mol. The van der Waals surface area contributed by atoms with Gasteiger partial charge in [0.1, 0.15) is 0 Å². The average Bonchev–Trinajstić information content (AvgIpc) is 2.28. The van der Waals surface area contributed by atoms with E-state index < -0.39 is 6.10 Å². The van der Waals surface area contributed by atoms with Crippen molar-refractivity contribution in [3.63, 3.8) is 0 Å². The molecule has 3 heteroatoms. The van der Waals surface area contributed by atoms with Crippen LogP contribution < -0.4 is 5.56 Å². The molecule has 1 aliphatic rings. The van der Waals surface area contributed by atoms with E-state index in [9.17, 15) is 9.90 Å². The van der Waals surface area contributed by atoms with Crippen molar-refractivity contribution in [3.05, 3.63) is 33.2 Å². The minimum Gasteiger partial charge on any atom is -0.388 e. The number of pyridine rings is 1.